The molecule has 2 rings (SSSR count). The van der Waals surface area contributed by atoms with Crippen LogP contribution in [-0.4, -0.2) is 23.1 Å². The number of ketones is 2. The molecule has 1 aromatic heterocycles. The molecule has 0 saturated carbocycles. The van der Waals surface area contributed by atoms with Crippen LogP contribution < -0.4 is 5.32 Å². The van der Waals surface area contributed by atoms with Crippen molar-refractivity contribution in [2.24, 2.45) is 5.92 Å². The highest BCUT2D eigenvalue weighted by Gasteiger charge is 2.24. The molecule has 1 atom stereocenters. The Morgan fingerprint density at radius 2 is 1.75 bits per heavy atom. The van der Waals surface area contributed by atoms with Crippen LogP contribution in [0.2, 0.25) is 0 Å². The van der Waals surface area contributed by atoms with E-state index in [1.54, 1.807) is 0 Å². The molecule has 4 nitrogen and oxygen atoms in total. The molecule has 128 valence electrons. The number of H-pyrrole nitrogens is 1. The molecule has 0 aliphatic heterocycles. The topological polar surface area (TPSA) is 66.5 Å². The summed E-state index contributed by atoms with van der Waals surface area (Å²) in [6.45, 7) is 9.90. The van der Waals surface area contributed by atoms with E-state index >= 15 is 0 Å². The Morgan fingerprint density at radius 1 is 1.12 bits per heavy atom. The van der Waals surface area contributed by atoms with Crippen LogP contribution >= 0.6 is 0 Å². The molecule has 3 N–H and O–H groups in total. The summed E-state index contributed by atoms with van der Waals surface area (Å²) in [6, 6.07) is 10.5. The fourth-order valence-corrected chi connectivity index (χ4v) is 3.36. The van der Waals surface area contributed by atoms with E-state index in [0.717, 1.165) is 11.3 Å². The Hall–Kier alpha value is -2.20. The summed E-state index contributed by atoms with van der Waals surface area (Å²) < 4.78 is 0. The predicted molar refractivity (Wildman–Crippen MR) is 95.4 cm³/mol. The standard InChI is InChI=1S/C20H26N2O2/c1-12(2)19(16-9-7-6-8-10-16)21-11-17(24)20-13(3)18(15(5)23)14(4)22-20/h6-10,12,19,21-22H,11H2,1-5H3/p+1/t19-/m1/s1. The number of aryl methyl sites for hydroxylation is 1. The van der Waals surface area contributed by atoms with Gasteiger partial charge in [0.25, 0.3) is 0 Å². The van der Waals surface area contributed by atoms with Gasteiger partial charge >= 0.3 is 0 Å². The van der Waals surface area contributed by atoms with E-state index in [1.165, 1.54) is 12.5 Å². The molecule has 2 aromatic rings. The monoisotopic (exact) mass is 327 g/mol. The van der Waals surface area contributed by atoms with Crippen molar-refractivity contribution in [3.8, 4) is 0 Å². The molecule has 0 spiro atoms. The molecule has 0 radical (unpaired) electrons. The Balaban J connectivity index is 2.15. The number of benzene rings is 1. The lowest BCUT2D eigenvalue weighted by Gasteiger charge is -2.19. The highest BCUT2D eigenvalue weighted by molar-refractivity contribution is 6.03. The predicted octanol–water partition coefficient (Wildman–Crippen LogP) is 2.98. The summed E-state index contributed by atoms with van der Waals surface area (Å²) in [5, 5.41) is 2.09. The third-order valence-electron chi connectivity index (χ3n) is 4.53. The minimum absolute atomic E-state index is 0.00591. The summed E-state index contributed by atoms with van der Waals surface area (Å²) in [5.74, 6) is 0.442. The van der Waals surface area contributed by atoms with Crippen LogP contribution in [0, 0.1) is 19.8 Å². The molecule has 0 bridgehead atoms. The Kier molecular flexibility index (Phi) is 5.73. The fourth-order valence-electron chi connectivity index (χ4n) is 3.36. The third kappa shape index (κ3) is 3.82. The highest BCUT2D eigenvalue weighted by Crippen LogP contribution is 2.19. The van der Waals surface area contributed by atoms with Crippen LogP contribution in [0.3, 0.4) is 0 Å². The van der Waals surface area contributed by atoms with Gasteiger partial charge in [0, 0.05) is 22.7 Å². The van der Waals surface area contributed by atoms with E-state index in [-0.39, 0.29) is 17.6 Å². The van der Waals surface area contributed by atoms with Crippen molar-refractivity contribution < 1.29 is 14.9 Å². The third-order valence-corrected chi connectivity index (χ3v) is 4.53. The van der Waals surface area contributed by atoms with E-state index in [2.05, 4.69) is 36.3 Å². The first-order valence-electron chi connectivity index (χ1n) is 8.44. The lowest BCUT2D eigenvalue weighted by molar-refractivity contribution is -0.691. The zero-order chi connectivity index (χ0) is 17.9. The van der Waals surface area contributed by atoms with Crippen molar-refractivity contribution in [1.29, 1.82) is 0 Å². The SMILES string of the molecule is CC(=O)c1c(C)[nH]c(C(=O)C[NH2+][C@@H](c2ccccc2)C(C)C)c1C. The normalized spacial score (nSPS) is 12.4. The lowest BCUT2D eigenvalue weighted by Crippen LogP contribution is -2.87. The van der Waals surface area contributed by atoms with Crippen molar-refractivity contribution in [3.05, 3.63) is 58.4 Å². The van der Waals surface area contributed by atoms with Crippen LogP contribution in [0.1, 0.15) is 64.5 Å². The first-order valence-corrected chi connectivity index (χ1v) is 8.44. The summed E-state index contributed by atoms with van der Waals surface area (Å²) in [7, 11) is 0. The zero-order valence-corrected chi connectivity index (χ0v) is 15.1. The van der Waals surface area contributed by atoms with Crippen LogP contribution in [0.15, 0.2) is 30.3 Å². The van der Waals surface area contributed by atoms with Gasteiger partial charge < -0.3 is 10.3 Å². The molecule has 0 amide bonds. The second-order valence-electron chi connectivity index (χ2n) is 6.72. The van der Waals surface area contributed by atoms with Gasteiger partial charge in [0.1, 0.15) is 12.6 Å². The van der Waals surface area contributed by atoms with Crippen LogP contribution in [0.25, 0.3) is 0 Å². The maximum absolute atomic E-state index is 12.6. The van der Waals surface area contributed by atoms with Gasteiger partial charge in [-0.1, -0.05) is 44.2 Å². The molecule has 0 aliphatic carbocycles. The van der Waals surface area contributed by atoms with Gasteiger partial charge in [-0.05, 0) is 26.3 Å². The number of hydrogen-bond donors (Lipinski definition) is 2. The molecule has 0 unspecified atom stereocenters. The van der Waals surface area contributed by atoms with Crippen molar-refractivity contribution in [2.75, 3.05) is 6.54 Å². The Morgan fingerprint density at radius 3 is 2.25 bits per heavy atom. The number of aromatic amines is 1. The van der Waals surface area contributed by atoms with Crippen molar-refractivity contribution in [2.45, 2.75) is 40.7 Å². The van der Waals surface area contributed by atoms with Crippen molar-refractivity contribution in [1.82, 2.24) is 4.98 Å². The number of hydrogen-bond acceptors (Lipinski definition) is 2. The second kappa shape index (κ2) is 7.58. The molecule has 0 fully saturated rings. The highest BCUT2D eigenvalue weighted by atomic mass is 16.1. The molecule has 4 heteroatoms. The molecule has 24 heavy (non-hydrogen) atoms. The maximum Gasteiger partial charge on any atom is 0.233 e. The van der Waals surface area contributed by atoms with Gasteiger partial charge in [-0.2, -0.15) is 0 Å². The quantitative estimate of drug-likeness (QED) is 0.768. The van der Waals surface area contributed by atoms with E-state index in [4.69, 9.17) is 0 Å². The molecular weight excluding hydrogens is 300 g/mol. The van der Waals surface area contributed by atoms with Crippen molar-refractivity contribution >= 4 is 11.6 Å². The Labute approximate surface area is 143 Å². The number of Topliss-reactive ketones (excluding diaryl/α,β-unsaturated/α-hetero) is 2. The number of carbonyl (C=O) groups excluding carboxylic acids is 2. The van der Waals surface area contributed by atoms with Crippen molar-refractivity contribution in [3.63, 3.8) is 0 Å². The van der Waals surface area contributed by atoms with E-state index in [1.807, 2.05) is 32.0 Å². The van der Waals surface area contributed by atoms with Crippen LogP contribution in [0.5, 0.6) is 0 Å². The van der Waals surface area contributed by atoms with Gasteiger partial charge in [0.15, 0.2) is 5.78 Å². The average molecular weight is 327 g/mol. The first kappa shape index (κ1) is 18.1. The van der Waals surface area contributed by atoms with Gasteiger partial charge in [0.05, 0.1) is 5.69 Å². The summed E-state index contributed by atoms with van der Waals surface area (Å²) in [5.41, 5.74) is 3.96. The second-order valence-corrected chi connectivity index (χ2v) is 6.72. The average Bonchev–Trinajstić information content (AvgIpc) is 2.83. The molecule has 0 saturated heterocycles. The van der Waals surface area contributed by atoms with Gasteiger partial charge in [-0.15, -0.1) is 0 Å². The lowest BCUT2D eigenvalue weighted by atomic mass is 9.96. The first-order chi connectivity index (χ1) is 11.3. The van der Waals surface area contributed by atoms with Gasteiger partial charge in [0.2, 0.25) is 5.78 Å². The van der Waals surface area contributed by atoms with Crippen LogP contribution in [-0.2, 0) is 0 Å². The molecular formula is C20H27N2O2+. The summed E-state index contributed by atoms with van der Waals surface area (Å²) >= 11 is 0. The number of nitrogens with one attached hydrogen (secondary N) is 1. The molecule has 0 aliphatic rings. The number of nitrogens with two attached hydrogens (primary N) is 1. The van der Waals surface area contributed by atoms with Crippen LogP contribution in [0.4, 0.5) is 0 Å². The van der Waals surface area contributed by atoms with E-state index in [9.17, 15) is 9.59 Å². The van der Waals surface area contributed by atoms with Gasteiger partial charge in [-0.3, -0.25) is 9.59 Å². The van der Waals surface area contributed by atoms with Gasteiger partial charge in [-0.25, -0.2) is 0 Å². The minimum Gasteiger partial charge on any atom is -0.355 e. The Bertz CT molecular complexity index is 730. The smallest absolute Gasteiger partial charge is 0.233 e. The number of carbonyl (C=O) groups is 2. The number of rotatable bonds is 7. The summed E-state index contributed by atoms with van der Waals surface area (Å²) in [4.78, 5) is 27.5. The zero-order valence-electron chi connectivity index (χ0n) is 15.1. The van der Waals surface area contributed by atoms with E-state index < -0.39 is 0 Å². The fraction of sp³-hybridized carbons (Fsp3) is 0.400. The largest absolute Gasteiger partial charge is 0.355 e. The maximum atomic E-state index is 12.6. The number of quaternary nitrogens is 1. The molecule has 1 heterocycles. The molecule has 1 aromatic carbocycles. The number of aromatic nitrogens is 1. The van der Waals surface area contributed by atoms with E-state index in [0.29, 0.717) is 23.7 Å². The summed E-state index contributed by atoms with van der Waals surface area (Å²) in [6.07, 6.45) is 0. The minimum atomic E-state index is -0.00591.